The second kappa shape index (κ2) is 28.8. The third-order valence-corrected chi connectivity index (χ3v) is 14.6. The molecule has 0 aromatic heterocycles. The van der Waals surface area contributed by atoms with Crippen molar-refractivity contribution < 1.29 is 36.7 Å². The first-order valence-corrected chi connectivity index (χ1v) is 30.9. The number of para-hydroxylation sites is 4. The van der Waals surface area contributed by atoms with E-state index in [9.17, 15) is 10.2 Å². The molecule has 8 rings (SSSR count). The summed E-state index contributed by atoms with van der Waals surface area (Å²) in [6.45, 7) is 26.1. The van der Waals surface area contributed by atoms with Crippen molar-refractivity contribution in [1.82, 2.24) is 0 Å². The first-order valence-electron chi connectivity index (χ1n) is 26.6. The molecule has 0 aliphatic carbocycles. The first-order chi connectivity index (χ1) is 37.9. The van der Waals surface area contributed by atoms with Crippen molar-refractivity contribution in [2.75, 3.05) is 13.2 Å². The molecule has 9 heteroatoms. The standard InChI is InChI=1S/2C35H37NO2.2ClH.Ti/c2*1-6-7-22-38-32-21-15-14-20-31(32)36-25-26-23-29(34(2,3)27-16-10-8-11-17-27)24-30(33(26)37)35(4,5)28-18-12-9-13-19-28;;;/h2*6,8-21,23-25,37H,1,7,22H2,2-5H3;2*1H;/q;;;;+2/p-2. The van der Waals surface area contributed by atoms with Gasteiger partial charge in [-0.15, -0.1) is 13.2 Å². The summed E-state index contributed by atoms with van der Waals surface area (Å²) in [6, 6.07) is 65.4. The zero-order chi connectivity index (χ0) is 57.1. The maximum absolute atomic E-state index is 11.6. The van der Waals surface area contributed by atoms with E-state index in [0.29, 0.717) is 47.2 Å². The predicted molar refractivity (Wildman–Crippen MR) is 330 cm³/mol. The monoisotopic (exact) mass is 1120 g/mol. The molecule has 0 unspecified atom stereocenters. The quantitative estimate of drug-likeness (QED) is 0.0345. The zero-order valence-electron chi connectivity index (χ0n) is 46.9. The van der Waals surface area contributed by atoms with Crippen molar-refractivity contribution >= 4 is 42.4 Å². The summed E-state index contributed by atoms with van der Waals surface area (Å²) in [5.41, 5.74) is 9.97. The van der Waals surface area contributed by atoms with Gasteiger partial charge in [-0.05, 0) is 82.6 Å². The van der Waals surface area contributed by atoms with E-state index in [1.54, 1.807) is 12.4 Å². The van der Waals surface area contributed by atoms with Crippen LogP contribution in [0.25, 0.3) is 0 Å². The van der Waals surface area contributed by atoms with Crippen molar-refractivity contribution in [2.45, 2.75) is 89.9 Å². The molecule has 0 amide bonds. The molecule has 0 saturated carbocycles. The Hall–Kier alpha value is -6.93. The van der Waals surface area contributed by atoms with E-state index in [1.807, 2.05) is 109 Å². The second-order valence-electron chi connectivity index (χ2n) is 21.3. The average molecular weight is 1130 g/mol. The van der Waals surface area contributed by atoms with Gasteiger partial charge in [0.15, 0.2) is 0 Å². The molecule has 8 aromatic rings. The van der Waals surface area contributed by atoms with Crippen LogP contribution < -0.4 is 9.47 Å². The summed E-state index contributed by atoms with van der Waals surface area (Å²) < 4.78 is 11.8. The van der Waals surface area contributed by atoms with Crippen molar-refractivity contribution in [3.63, 3.8) is 0 Å². The number of ether oxygens (including phenoxy) is 2. The number of aromatic hydroxyl groups is 2. The molecule has 0 aliphatic rings. The van der Waals surface area contributed by atoms with Crippen molar-refractivity contribution in [3.8, 4) is 23.0 Å². The van der Waals surface area contributed by atoms with Crippen LogP contribution in [-0.4, -0.2) is 35.9 Å². The SMILES string of the molecule is C=CCCOc1ccccc1N=Cc1cc(C(C)(C)c2ccccc2)cc(C(C)(C)c2ccccc2)c1O.C=CCCOc1ccccc1N=Cc1cc(C(C)(C)c2ccccc2)cc(C(C)(C)c2ccccc2)c1O.[Cl][Ti][Cl]. The van der Waals surface area contributed by atoms with Gasteiger partial charge >= 0.3 is 35.6 Å². The second-order valence-corrected chi connectivity index (χ2v) is 23.8. The Kier molecular flexibility index (Phi) is 22.3. The Morgan fingerprint density at radius 3 is 1.00 bits per heavy atom. The zero-order valence-corrected chi connectivity index (χ0v) is 50.0. The summed E-state index contributed by atoms with van der Waals surface area (Å²) in [5.74, 6) is 1.88. The molecule has 8 aromatic carbocycles. The molecule has 0 aliphatic heterocycles. The third kappa shape index (κ3) is 15.7. The fraction of sp³-hybridized carbons (Fsp3) is 0.229. The summed E-state index contributed by atoms with van der Waals surface area (Å²) in [7, 11) is 9.78. The Morgan fingerprint density at radius 2 is 0.696 bits per heavy atom. The molecule has 6 nitrogen and oxygen atoms in total. The fourth-order valence-corrected chi connectivity index (χ4v) is 9.40. The number of phenols is 2. The Morgan fingerprint density at radius 1 is 0.418 bits per heavy atom. The van der Waals surface area contributed by atoms with Gasteiger partial charge in [0, 0.05) is 56.3 Å². The van der Waals surface area contributed by atoms with Crippen LogP contribution >= 0.6 is 18.6 Å². The Labute approximate surface area is 487 Å². The average Bonchev–Trinajstić information content (AvgIpc) is 3.59. The van der Waals surface area contributed by atoms with E-state index < -0.39 is 27.9 Å². The van der Waals surface area contributed by atoms with Crippen LogP contribution in [0.15, 0.2) is 229 Å². The number of hydrogen-bond acceptors (Lipinski definition) is 6. The van der Waals surface area contributed by atoms with Crippen LogP contribution in [0.4, 0.5) is 11.4 Å². The van der Waals surface area contributed by atoms with Crippen LogP contribution in [0.1, 0.15) is 124 Å². The minimum absolute atomic E-state index is 0.236. The van der Waals surface area contributed by atoms with Crippen molar-refractivity contribution in [1.29, 1.82) is 0 Å². The fourth-order valence-electron chi connectivity index (χ4n) is 9.40. The molecule has 0 atom stereocenters. The van der Waals surface area contributed by atoms with Gasteiger partial charge in [-0.1, -0.05) is 225 Å². The van der Waals surface area contributed by atoms with Crippen molar-refractivity contribution in [2.24, 2.45) is 9.98 Å². The van der Waals surface area contributed by atoms with E-state index >= 15 is 0 Å². The van der Waals surface area contributed by atoms with Crippen molar-refractivity contribution in [3.05, 3.63) is 275 Å². The van der Waals surface area contributed by atoms with E-state index in [2.05, 4.69) is 166 Å². The first kappa shape index (κ1) is 61.3. The molecule has 0 radical (unpaired) electrons. The van der Waals surface area contributed by atoms with E-state index in [-0.39, 0.29) is 22.3 Å². The maximum atomic E-state index is 11.6. The van der Waals surface area contributed by atoms with Gasteiger partial charge < -0.3 is 19.7 Å². The number of nitrogens with zero attached hydrogens (tertiary/aromatic N) is 2. The molecule has 0 bridgehead atoms. The predicted octanol–water partition coefficient (Wildman–Crippen LogP) is 18.9. The number of rotatable bonds is 20. The molecular formula is C70H74Cl2N2O4Ti. The summed E-state index contributed by atoms with van der Waals surface area (Å²) in [5, 5.41) is 23.3. The van der Waals surface area contributed by atoms with Gasteiger partial charge in [0.25, 0.3) is 0 Å². The van der Waals surface area contributed by atoms with Crippen LogP contribution in [0, 0.1) is 0 Å². The van der Waals surface area contributed by atoms with E-state index in [0.717, 1.165) is 46.2 Å². The van der Waals surface area contributed by atoms with Gasteiger partial charge in [-0.2, -0.15) is 0 Å². The van der Waals surface area contributed by atoms with E-state index in [4.69, 9.17) is 38.1 Å². The molecule has 79 heavy (non-hydrogen) atoms. The minimum atomic E-state index is -0.556. The van der Waals surface area contributed by atoms with Gasteiger partial charge in [-0.3, -0.25) is 9.98 Å². The number of benzene rings is 8. The van der Waals surface area contributed by atoms with Crippen LogP contribution in [0.2, 0.25) is 0 Å². The van der Waals surface area contributed by atoms with Gasteiger partial charge in [-0.25, -0.2) is 0 Å². The topological polar surface area (TPSA) is 83.6 Å². The Balaban J connectivity index is 0.000000243. The van der Waals surface area contributed by atoms with Gasteiger partial charge in [0.2, 0.25) is 0 Å². The molecular weight excluding hydrogens is 1050 g/mol. The molecule has 0 spiro atoms. The molecule has 0 fully saturated rings. The van der Waals surface area contributed by atoms with Crippen LogP contribution in [0.5, 0.6) is 23.0 Å². The molecule has 0 heterocycles. The summed E-state index contributed by atoms with van der Waals surface area (Å²) in [6.07, 6.45) is 8.68. The van der Waals surface area contributed by atoms with Crippen LogP contribution in [-0.2, 0) is 38.7 Å². The Bertz CT molecular complexity index is 3070. The number of halogens is 2. The van der Waals surface area contributed by atoms with E-state index in [1.165, 1.54) is 11.1 Å². The number of phenolic OH excluding ortho intramolecular Hbond substituents is 2. The molecule has 2 N–H and O–H groups in total. The number of aliphatic imine (C=N–C) groups is 2. The summed E-state index contributed by atoms with van der Waals surface area (Å²) >= 11 is -0.556. The normalized spacial score (nSPS) is 11.7. The molecule has 406 valence electrons. The van der Waals surface area contributed by atoms with Gasteiger partial charge in [0.1, 0.15) is 34.4 Å². The number of hydrogen-bond donors (Lipinski definition) is 2. The molecule has 0 saturated heterocycles. The summed E-state index contributed by atoms with van der Waals surface area (Å²) in [4.78, 5) is 9.54. The van der Waals surface area contributed by atoms with Crippen LogP contribution in [0.3, 0.4) is 0 Å². The van der Waals surface area contributed by atoms with Gasteiger partial charge in [0.05, 0.1) is 13.2 Å². The third-order valence-electron chi connectivity index (χ3n) is 14.6.